The molecule has 182 valence electrons. The number of carbonyl (C=O) groups is 2. The van der Waals surface area contributed by atoms with E-state index in [4.69, 9.17) is 19.2 Å². The third-order valence-electron chi connectivity index (χ3n) is 6.03. The Bertz CT molecular complexity index is 1380. The van der Waals surface area contributed by atoms with E-state index in [0.29, 0.717) is 34.1 Å². The quantitative estimate of drug-likeness (QED) is 0.374. The Hall–Kier alpha value is -4.43. The van der Waals surface area contributed by atoms with Gasteiger partial charge in [-0.15, -0.1) is 0 Å². The largest absolute Gasteiger partial charge is 0.465 e. The lowest BCUT2D eigenvalue weighted by atomic mass is 9.90. The van der Waals surface area contributed by atoms with Crippen LogP contribution >= 0.6 is 0 Å². The average Bonchev–Trinajstić information content (AvgIpc) is 3.25. The number of nitrogens with zero attached hydrogens (tertiary/aromatic N) is 1. The summed E-state index contributed by atoms with van der Waals surface area (Å²) in [5.74, 6) is -0.284. The molecule has 2 aliphatic rings. The summed E-state index contributed by atoms with van der Waals surface area (Å²) in [5, 5.41) is 6.20. The van der Waals surface area contributed by atoms with Gasteiger partial charge in [0.25, 0.3) is 0 Å². The number of aliphatic imine (C=N–C) groups is 1. The van der Waals surface area contributed by atoms with E-state index in [0.717, 1.165) is 29.8 Å². The number of hydrogen-bond donors (Lipinski definition) is 2. The first kappa shape index (κ1) is 23.3. The molecule has 2 aliphatic heterocycles. The maximum absolute atomic E-state index is 13.3. The zero-order chi connectivity index (χ0) is 25.1. The number of esters is 1. The predicted octanol–water partition coefficient (Wildman–Crippen LogP) is 4.68. The second-order valence-electron chi connectivity index (χ2n) is 8.33. The fourth-order valence-electron chi connectivity index (χ4n) is 4.23. The van der Waals surface area contributed by atoms with Gasteiger partial charge in [0.05, 0.1) is 24.1 Å². The maximum atomic E-state index is 13.3. The van der Waals surface area contributed by atoms with Gasteiger partial charge in [0.1, 0.15) is 18.4 Å². The normalized spacial score (nSPS) is 15.9. The Morgan fingerprint density at radius 1 is 1.00 bits per heavy atom. The van der Waals surface area contributed by atoms with Crippen LogP contribution in [0.3, 0.4) is 0 Å². The molecule has 0 saturated carbocycles. The van der Waals surface area contributed by atoms with E-state index in [2.05, 4.69) is 17.6 Å². The summed E-state index contributed by atoms with van der Waals surface area (Å²) in [4.78, 5) is 30.2. The smallest absolute Gasteiger partial charge is 0.337 e. The first-order valence-electron chi connectivity index (χ1n) is 11.6. The van der Waals surface area contributed by atoms with Gasteiger partial charge in [0.2, 0.25) is 5.91 Å². The third kappa shape index (κ3) is 4.58. The van der Waals surface area contributed by atoms with Crippen molar-refractivity contribution in [3.05, 3.63) is 95.4 Å². The lowest BCUT2D eigenvalue weighted by Crippen LogP contribution is -2.22. The molecule has 3 aromatic rings. The fraction of sp³-hybridized carbons (Fsp3) is 0.179. The van der Waals surface area contributed by atoms with Crippen LogP contribution in [0.25, 0.3) is 0 Å². The van der Waals surface area contributed by atoms with E-state index in [1.807, 2.05) is 36.4 Å². The summed E-state index contributed by atoms with van der Waals surface area (Å²) < 4.78 is 15.9. The second kappa shape index (κ2) is 10.1. The van der Waals surface area contributed by atoms with Crippen molar-refractivity contribution in [1.82, 2.24) is 5.32 Å². The van der Waals surface area contributed by atoms with E-state index in [1.54, 1.807) is 24.3 Å². The molecule has 8 nitrogen and oxygen atoms in total. The van der Waals surface area contributed by atoms with Crippen LogP contribution < -0.4 is 20.1 Å². The average molecular weight is 484 g/mol. The van der Waals surface area contributed by atoms with Crippen LogP contribution in [-0.2, 0) is 16.1 Å². The number of carbonyl (C=O) groups excluding carboxylic acids is 2. The monoisotopic (exact) mass is 483 g/mol. The van der Waals surface area contributed by atoms with Crippen molar-refractivity contribution >= 4 is 29.0 Å². The van der Waals surface area contributed by atoms with E-state index in [-0.39, 0.29) is 5.91 Å². The summed E-state index contributed by atoms with van der Waals surface area (Å²) in [6, 6.07) is 18.4. The van der Waals surface area contributed by atoms with Crippen LogP contribution in [0.4, 0.5) is 11.4 Å². The first-order chi connectivity index (χ1) is 17.6. The minimum absolute atomic E-state index is 0.232. The Labute approximate surface area is 208 Å². The van der Waals surface area contributed by atoms with E-state index in [9.17, 15) is 9.59 Å². The number of nitrogens with one attached hydrogen (secondary N) is 2. The van der Waals surface area contributed by atoms with Gasteiger partial charge in [-0.3, -0.25) is 9.79 Å². The van der Waals surface area contributed by atoms with Crippen LogP contribution in [0, 0.1) is 0 Å². The number of amides is 1. The molecule has 1 amide bonds. The van der Waals surface area contributed by atoms with Crippen LogP contribution in [-0.4, -0.2) is 31.2 Å². The molecule has 0 aromatic heterocycles. The van der Waals surface area contributed by atoms with Crippen molar-refractivity contribution in [2.24, 2.45) is 4.99 Å². The number of hydrogen-bond acceptors (Lipinski definition) is 7. The molecule has 0 bridgehead atoms. The Balaban J connectivity index is 1.58. The molecular weight excluding hydrogens is 458 g/mol. The van der Waals surface area contributed by atoms with Crippen molar-refractivity contribution in [3.8, 4) is 11.5 Å². The molecule has 36 heavy (non-hydrogen) atoms. The van der Waals surface area contributed by atoms with Crippen molar-refractivity contribution in [2.75, 3.05) is 19.0 Å². The molecule has 0 aliphatic carbocycles. The number of anilines is 1. The zero-order valence-corrected chi connectivity index (χ0v) is 19.9. The van der Waals surface area contributed by atoms with Crippen LogP contribution in [0.2, 0.25) is 0 Å². The minimum Gasteiger partial charge on any atom is -0.465 e. The van der Waals surface area contributed by atoms with Gasteiger partial charge in [0, 0.05) is 17.8 Å². The van der Waals surface area contributed by atoms with Crippen molar-refractivity contribution in [3.63, 3.8) is 0 Å². The second-order valence-corrected chi connectivity index (χ2v) is 8.33. The van der Waals surface area contributed by atoms with E-state index in [1.165, 1.54) is 19.6 Å². The minimum atomic E-state index is -0.689. The lowest BCUT2D eigenvalue weighted by Gasteiger charge is -2.17. The van der Waals surface area contributed by atoms with Gasteiger partial charge < -0.3 is 24.8 Å². The molecule has 8 heteroatoms. The highest BCUT2D eigenvalue weighted by Crippen LogP contribution is 2.39. The lowest BCUT2D eigenvalue weighted by molar-refractivity contribution is -0.115. The molecule has 0 spiro atoms. The van der Waals surface area contributed by atoms with Crippen molar-refractivity contribution < 1.29 is 23.8 Å². The number of rotatable bonds is 7. The van der Waals surface area contributed by atoms with Gasteiger partial charge in [-0.25, -0.2) is 4.79 Å². The van der Waals surface area contributed by atoms with Crippen molar-refractivity contribution in [1.29, 1.82) is 0 Å². The summed E-state index contributed by atoms with van der Waals surface area (Å²) in [5.41, 5.74) is 4.77. The third-order valence-corrected chi connectivity index (χ3v) is 6.03. The maximum Gasteiger partial charge on any atom is 0.337 e. The molecule has 0 fully saturated rings. The predicted molar refractivity (Wildman–Crippen MR) is 136 cm³/mol. The molecule has 0 radical (unpaired) electrons. The molecule has 1 unspecified atom stereocenters. The molecule has 3 aromatic carbocycles. The number of methoxy groups -OCH3 is 1. The summed E-state index contributed by atoms with van der Waals surface area (Å²) in [7, 11) is 1.32. The Morgan fingerprint density at radius 2 is 1.75 bits per heavy atom. The van der Waals surface area contributed by atoms with Crippen LogP contribution in [0.1, 0.15) is 39.9 Å². The standard InChI is InChI=1S/C28H25N3O5/c1-3-29-16-17-4-8-20(9-5-17)30-26(18-7-11-23-24(15-18)36-13-12-35-23)25-21-10-6-19(28(33)34-2)14-22(21)31-27(25)32/h4-15,25,29H,3,16H2,1-2H3,(H,31,32). The van der Waals surface area contributed by atoms with Crippen molar-refractivity contribution in [2.45, 2.75) is 19.4 Å². The summed E-state index contributed by atoms with van der Waals surface area (Å²) in [6.07, 6.45) is 2.92. The number of fused-ring (bicyclic) bond motifs is 2. The van der Waals surface area contributed by atoms with Gasteiger partial charge in [-0.05, 0) is 60.1 Å². The molecule has 2 N–H and O–H groups in total. The molecule has 0 saturated heterocycles. The highest BCUT2D eigenvalue weighted by atomic mass is 16.5. The summed E-state index contributed by atoms with van der Waals surface area (Å²) >= 11 is 0. The van der Waals surface area contributed by atoms with E-state index < -0.39 is 11.9 Å². The van der Waals surface area contributed by atoms with Crippen LogP contribution in [0.5, 0.6) is 11.5 Å². The Morgan fingerprint density at radius 3 is 2.50 bits per heavy atom. The SMILES string of the molecule is CCNCc1ccc(N=C(c2ccc3c(c2)OC=CO3)C2C(=O)Nc3cc(C(=O)OC)ccc32)cc1. The van der Waals surface area contributed by atoms with Gasteiger partial charge in [-0.2, -0.15) is 0 Å². The number of ether oxygens (including phenoxy) is 3. The van der Waals surface area contributed by atoms with Gasteiger partial charge in [0.15, 0.2) is 11.5 Å². The first-order valence-corrected chi connectivity index (χ1v) is 11.6. The highest BCUT2D eigenvalue weighted by molar-refractivity contribution is 6.24. The van der Waals surface area contributed by atoms with Gasteiger partial charge >= 0.3 is 5.97 Å². The molecular formula is C28H25N3O5. The number of benzene rings is 3. The fourth-order valence-corrected chi connectivity index (χ4v) is 4.23. The van der Waals surface area contributed by atoms with Gasteiger partial charge in [-0.1, -0.05) is 25.1 Å². The Kier molecular flexibility index (Phi) is 6.51. The highest BCUT2D eigenvalue weighted by Gasteiger charge is 2.36. The van der Waals surface area contributed by atoms with Crippen LogP contribution in [0.15, 0.2) is 78.2 Å². The topological polar surface area (TPSA) is 98.3 Å². The molecule has 5 rings (SSSR count). The zero-order valence-electron chi connectivity index (χ0n) is 19.9. The molecule has 1 atom stereocenters. The molecule has 2 heterocycles. The summed E-state index contributed by atoms with van der Waals surface area (Å²) in [6.45, 7) is 3.72. The van der Waals surface area contributed by atoms with E-state index >= 15 is 0 Å².